The second kappa shape index (κ2) is 8.51. The highest BCUT2D eigenvalue weighted by atomic mass is 16.5. The van der Waals surface area contributed by atoms with Crippen LogP contribution in [0.2, 0.25) is 0 Å². The van der Waals surface area contributed by atoms with E-state index in [2.05, 4.69) is 15.3 Å². The number of anilines is 1. The summed E-state index contributed by atoms with van der Waals surface area (Å²) in [5.41, 5.74) is 4.53. The Bertz CT molecular complexity index is 1140. The summed E-state index contributed by atoms with van der Waals surface area (Å²) in [5.74, 6) is 0.601. The van der Waals surface area contributed by atoms with Crippen LogP contribution in [0.3, 0.4) is 0 Å². The van der Waals surface area contributed by atoms with Gasteiger partial charge in [-0.05, 0) is 24.1 Å². The van der Waals surface area contributed by atoms with Gasteiger partial charge in [-0.15, -0.1) is 0 Å². The second-order valence-corrected chi connectivity index (χ2v) is 8.32. The third-order valence-corrected chi connectivity index (χ3v) is 5.88. The number of nitrogens with one attached hydrogen (secondary N) is 1. The lowest BCUT2D eigenvalue weighted by Crippen LogP contribution is -2.34. The molecule has 7 nitrogen and oxygen atoms in total. The number of carbonyl (C=O) groups excluding carboxylic acids is 1. The summed E-state index contributed by atoms with van der Waals surface area (Å²) in [4.78, 5) is 28.2. The number of carbonyl (C=O) groups is 1. The van der Waals surface area contributed by atoms with Crippen LogP contribution in [0.5, 0.6) is 0 Å². The van der Waals surface area contributed by atoms with Crippen molar-refractivity contribution in [3.05, 3.63) is 72.6 Å². The van der Waals surface area contributed by atoms with E-state index in [-0.39, 0.29) is 24.0 Å². The Labute approximate surface area is 187 Å². The van der Waals surface area contributed by atoms with Crippen LogP contribution in [0.15, 0.2) is 67.0 Å². The van der Waals surface area contributed by atoms with Crippen LogP contribution < -0.4 is 10.2 Å². The highest BCUT2D eigenvalue weighted by Crippen LogP contribution is 2.34. The molecule has 162 valence electrons. The number of aromatic nitrogens is 3. The van der Waals surface area contributed by atoms with Gasteiger partial charge in [-0.2, -0.15) is 0 Å². The third-order valence-electron chi connectivity index (χ3n) is 5.88. The molecular formula is C25H25N5O2. The maximum atomic E-state index is 12.5. The van der Waals surface area contributed by atoms with Crippen molar-refractivity contribution in [1.82, 2.24) is 20.3 Å². The minimum atomic E-state index is -0.0873. The molecule has 1 amide bonds. The Morgan fingerprint density at radius 3 is 2.62 bits per heavy atom. The molecule has 1 saturated heterocycles. The van der Waals surface area contributed by atoms with Crippen molar-refractivity contribution in [1.29, 1.82) is 0 Å². The number of amides is 1. The fourth-order valence-corrected chi connectivity index (χ4v) is 4.15. The van der Waals surface area contributed by atoms with E-state index >= 15 is 0 Å². The number of rotatable bonds is 6. The smallest absolute Gasteiger partial charge is 0.226 e. The Morgan fingerprint density at radius 2 is 1.97 bits per heavy atom. The number of fused-ring (bicyclic) bond motifs is 2. The van der Waals surface area contributed by atoms with Crippen LogP contribution in [0.1, 0.15) is 12.0 Å². The zero-order chi connectivity index (χ0) is 22.1. The van der Waals surface area contributed by atoms with Crippen LogP contribution in [0, 0.1) is 5.92 Å². The zero-order valence-electron chi connectivity index (χ0n) is 18.1. The lowest BCUT2D eigenvalue weighted by Gasteiger charge is -2.16. The SMILES string of the molecule is CN(C)c1ncc(-c2ccccn2)c(-c2ccc(CNC(=O)[C@H]3C[C@H]4C=C[C@H]3O4)cc2)n1. The molecule has 1 fully saturated rings. The predicted octanol–water partition coefficient (Wildman–Crippen LogP) is 3.23. The molecular weight excluding hydrogens is 402 g/mol. The van der Waals surface area contributed by atoms with Crippen molar-refractivity contribution in [2.45, 2.75) is 25.2 Å². The average Bonchev–Trinajstić information content (AvgIpc) is 3.47. The van der Waals surface area contributed by atoms with Gasteiger partial charge in [-0.1, -0.05) is 42.5 Å². The van der Waals surface area contributed by atoms with E-state index in [1.807, 2.05) is 79.8 Å². The van der Waals surface area contributed by atoms with Gasteiger partial charge in [0.1, 0.15) is 0 Å². The molecule has 3 aromatic rings. The molecule has 2 bridgehead atoms. The summed E-state index contributed by atoms with van der Waals surface area (Å²) < 4.78 is 5.70. The van der Waals surface area contributed by atoms with E-state index in [0.717, 1.165) is 34.5 Å². The summed E-state index contributed by atoms with van der Waals surface area (Å²) in [6.07, 6.45) is 8.42. The van der Waals surface area contributed by atoms with Gasteiger partial charge in [0.15, 0.2) is 0 Å². The van der Waals surface area contributed by atoms with Crippen molar-refractivity contribution in [3.63, 3.8) is 0 Å². The van der Waals surface area contributed by atoms with Gasteiger partial charge < -0.3 is 15.0 Å². The highest BCUT2D eigenvalue weighted by molar-refractivity contribution is 5.81. The number of hydrogen-bond acceptors (Lipinski definition) is 6. The van der Waals surface area contributed by atoms with Gasteiger partial charge in [0.05, 0.1) is 29.5 Å². The number of benzene rings is 1. The minimum absolute atomic E-state index is 0.0507. The topological polar surface area (TPSA) is 80.2 Å². The summed E-state index contributed by atoms with van der Waals surface area (Å²) >= 11 is 0. The largest absolute Gasteiger partial charge is 0.366 e. The van der Waals surface area contributed by atoms with Gasteiger partial charge in [0, 0.05) is 44.2 Å². The molecule has 0 aliphatic carbocycles. The first-order valence-electron chi connectivity index (χ1n) is 10.7. The molecule has 5 rings (SSSR count). The van der Waals surface area contributed by atoms with Crippen LogP contribution in [-0.4, -0.2) is 47.2 Å². The lowest BCUT2D eigenvalue weighted by atomic mass is 9.93. The van der Waals surface area contributed by atoms with Crippen LogP contribution in [-0.2, 0) is 16.1 Å². The minimum Gasteiger partial charge on any atom is -0.366 e. The summed E-state index contributed by atoms with van der Waals surface area (Å²) in [7, 11) is 3.84. The van der Waals surface area contributed by atoms with E-state index in [4.69, 9.17) is 9.72 Å². The number of pyridine rings is 1. The van der Waals surface area contributed by atoms with Gasteiger partial charge in [0.25, 0.3) is 0 Å². The van der Waals surface area contributed by atoms with Crippen molar-refractivity contribution < 1.29 is 9.53 Å². The predicted molar refractivity (Wildman–Crippen MR) is 123 cm³/mol. The van der Waals surface area contributed by atoms with Crippen molar-refractivity contribution in [2.24, 2.45) is 5.92 Å². The quantitative estimate of drug-likeness (QED) is 0.609. The fourth-order valence-electron chi connectivity index (χ4n) is 4.15. The third kappa shape index (κ3) is 3.99. The normalized spacial score (nSPS) is 21.0. The van der Waals surface area contributed by atoms with Gasteiger partial charge in [0.2, 0.25) is 11.9 Å². The van der Waals surface area contributed by atoms with E-state index < -0.39 is 0 Å². The Hall–Kier alpha value is -3.58. The number of nitrogens with zero attached hydrogens (tertiary/aromatic N) is 4. The molecule has 0 saturated carbocycles. The summed E-state index contributed by atoms with van der Waals surface area (Å²) in [6, 6.07) is 13.9. The van der Waals surface area contributed by atoms with Crippen molar-refractivity contribution >= 4 is 11.9 Å². The molecule has 1 N–H and O–H groups in total. The first-order chi connectivity index (χ1) is 15.6. The maximum absolute atomic E-state index is 12.5. The highest BCUT2D eigenvalue weighted by Gasteiger charge is 2.40. The van der Waals surface area contributed by atoms with Crippen molar-refractivity contribution in [3.8, 4) is 22.5 Å². The summed E-state index contributed by atoms with van der Waals surface area (Å²) in [5, 5.41) is 3.05. The maximum Gasteiger partial charge on any atom is 0.226 e. The molecule has 2 aliphatic rings. The van der Waals surface area contributed by atoms with Crippen molar-refractivity contribution in [2.75, 3.05) is 19.0 Å². The molecule has 32 heavy (non-hydrogen) atoms. The average molecular weight is 428 g/mol. The first-order valence-corrected chi connectivity index (χ1v) is 10.7. The zero-order valence-corrected chi connectivity index (χ0v) is 18.1. The molecule has 1 aromatic carbocycles. The molecule has 7 heteroatoms. The Kier molecular flexibility index (Phi) is 5.41. The molecule has 0 unspecified atom stereocenters. The first kappa shape index (κ1) is 20.3. The van der Waals surface area contributed by atoms with Gasteiger partial charge >= 0.3 is 0 Å². The second-order valence-electron chi connectivity index (χ2n) is 8.32. The number of hydrogen-bond donors (Lipinski definition) is 1. The fraction of sp³-hybridized carbons (Fsp3) is 0.280. The molecule has 3 atom stereocenters. The van der Waals surface area contributed by atoms with Crippen LogP contribution >= 0.6 is 0 Å². The molecule has 0 spiro atoms. The van der Waals surface area contributed by atoms with E-state index in [1.54, 1.807) is 6.20 Å². The molecule has 2 aliphatic heterocycles. The lowest BCUT2D eigenvalue weighted by molar-refractivity contribution is -0.126. The van der Waals surface area contributed by atoms with Gasteiger partial charge in [-0.25, -0.2) is 9.97 Å². The number of ether oxygens (including phenoxy) is 1. The Balaban J connectivity index is 1.34. The van der Waals surface area contributed by atoms with E-state index in [0.29, 0.717) is 12.5 Å². The summed E-state index contributed by atoms with van der Waals surface area (Å²) in [6.45, 7) is 0.483. The monoisotopic (exact) mass is 427 g/mol. The van der Waals surface area contributed by atoms with Gasteiger partial charge in [-0.3, -0.25) is 9.78 Å². The molecule has 0 radical (unpaired) electrons. The van der Waals surface area contributed by atoms with Crippen LogP contribution in [0.4, 0.5) is 5.95 Å². The standard InChI is InChI=1S/C25H25N5O2/c1-30(2)25-28-15-20(21-5-3-4-12-26-21)23(29-25)17-8-6-16(7-9-17)14-27-24(31)19-13-18-10-11-22(19)32-18/h3-12,15,18-19,22H,13-14H2,1-2H3,(H,27,31)/t18-,19+,22-/m1/s1. The molecule has 2 aromatic heterocycles. The van der Waals surface area contributed by atoms with Crippen LogP contribution in [0.25, 0.3) is 22.5 Å². The van der Waals surface area contributed by atoms with E-state index in [1.165, 1.54) is 0 Å². The Morgan fingerprint density at radius 1 is 1.12 bits per heavy atom. The molecule has 4 heterocycles. The van der Waals surface area contributed by atoms with E-state index in [9.17, 15) is 4.79 Å².